The Morgan fingerprint density at radius 3 is 1.21 bits per heavy atom. The molecule has 0 fully saturated rings. The van der Waals surface area contributed by atoms with Gasteiger partial charge >= 0.3 is 5.79 Å². The summed E-state index contributed by atoms with van der Waals surface area (Å²) in [6.07, 6.45) is 0. The summed E-state index contributed by atoms with van der Waals surface area (Å²) >= 11 is 0. The Balaban J connectivity index is 5.04. The first kappa shape index (κ1) is 15.8. The van der Waals surface area contributed by atoms with Crippen molar-refractivity contribution in [3.63, 3.8) is 0 Å². The fourth-order valence-corrected chi connectivity index (χ4v) is 0.738. The van der Waals surface area contributed by atoms with Crippen LogP contribution in [0.2, 0.25) is 0 Å². The van der Waals surface area contributed by atoms with Gasteiger partial charge in [-0.1, -0.05) is 0 Å². The summed E-state index contributed by atoms with van der Waals surface area (Å²) in [6.45, 7) is -3.04. The maximum atomic E-state index is 10.1. The lowest BCUT2D eigenvalue weighted by Crippen LogP contribution is -2.49. The largest absolute Gasteiger partial charge is 0.310 e. The van der Waals surface area contributed by atoms with Gasteiger partial charge in [-0.2, -0.15) is 0 Å². The minimum Gasteiger partial charge on any atom is -0.309 e. The standard InChI is InChI=1S/C3H4N4O12/c8-4(9)16-1-3(18-6(12)13,19-7(14)15)2-17-5(10)11/h1-2H2. The van der Waals surface area contributed by atoms with Crippen molar-refractivity contribution in [3.05, 3.63) is 40.5 Å². The highest BCUT2D eigenvalue weighted by atomic mass is 17.1. The maximum absolute atomic E-state index is 10.1. The van der Waals surface area contributed by atoms with Crippen molar-refractivity contribution in [1.82, 2.24) is 0 Å². The van der Waals surface area contributed by atoms with Crippen LogP contribution in [0.5, 0.6) is 0 Å². The van der Waals surface area contributed by atoms with Crippen LogP contribution in [0.15, 0.2) is 0 Å². The normalized spacial score (nSPS) is 10.1. The second-order valence-electron chi connectivity index (χ2n) is 2.53. The lowest BCUT2D eigenvalue weighted by Gasteiger charge is -2.25. The molecule has 0 saturated carbocycles. The van der Waals surface area contributed by atoms with Crippen molar-refractivity contribution >= 4 is 0 Å². The lowest BCUT2D eigenvalue weighted by molar-refractivity contribution is -0.892. The fourth-order valence-electron chi connectivity index (χ4n) is 0.738. The highest BCUT2D eigenvalue weighted by molar-refractivity contribution is 4.63. The van der Waals surface area contributed by atoms with Gasteiger partial charge in [-0.15, -0.1) is 40.5 Å². The smallest absolute Gasteiger partial charge is 0.309 e. The van der Waals surface area contributed by atoms with Crippen molar-refractivity contribution in [3.8, 4) is 0 Å². The van der Waals surface area contributed by atoms with E-state index < -0.39 is 39.3 Å². The van der Waals surface area contributed by atoms with Crippen LogP contribution in [0, 0.1) is 40.5 Å². The summed E-state index contributed by atoms with van der Waals surface area (Å²) in [7, 11) is 0. The molecule has 0 radical (unpaired) electrons. The van der Waals surface area contributed by atoms with Crippen LogP contribution in [0.1, 0.15) is 0 Å². The third kappa shape index (κ3) is 6.86. The Morgan fingerprint density at radius 1 is 0.684 bits per heavy atom. The quantitative estimate of drug-likeness (QED) is 0.255. The topological polar surface area (TPSA) is 209 Å². The molecule has 0 saturated heterocycles. The summed E-state index contributed by atoms with van der Waals surface area (Å²) in [5.41, 5.74) is 0. The highest BCUT2D eigenvalue weighted by Crippen LogP contribution is 2.16. The maximum Gasteiger partial charge on any atom is 0.310 e. The molecule has 16 heteroatoms. The molecule has 16 nitrogen and oxygen atoms in total. The van der Waals surface area contributed by atoms with Crippen LogP contribution < -0.4 is 0 Å². The average Bonchev–Trinajstić information content (AvgIpc) is 2.22. The second-order valence-corrected chi connectivity index (χ2v) is 2.53. The predicted molar refractivity (Wildman–Crippen MR) is 44.8 cm³/mol. The summed E-state index contributed by atoms with van der Waals surface area (Å²) in [6, 6.07) is 0. The van der Waals surface area contributed by atoms with E-state index >= 15 is 0 Å². The van der Waals surface area contributed by atoms with Crippen molar-refractivity contribution in [2.24, 2.45) is 0 Å². The molecule has 19 heavy (non-hydrogen) atoms. The summed E-state index contributed by atoms with van der Waals surface area (Å²) in [4.78, 5) is 54.6. The number of nitrogens with zero attached hydrogens (tertiary/aromatic N) is 4. The van der Waals surface area contributed by atoms with Gasteiger partial charge in [0.15, 0.2) is 13.2 Å². The molecule has 0 amide bonds. The van der Waals surface area contributed by atoms with Crippen LogP contribution in [0.3, 0.4) is 0 Å². The molecule has 0 aromatic carbocycles. The van der Waals surface area contributed by atoms with Crippen molar-refractivity contribution in [1.29, 1.82) is 0 Å². The Morgan fingerprint density at radius 2 is 1.00 bits per heavy atom. The Kier molecular flexibility index (Phi) is 5.42. The first-order chi connectivity index (χ1) is 8.67. The SMILES string of the molecule is O=[N+]([O-])OCC(CO[N+](=O)[O-])(O[N+](=O)[O-])O[N+](=O)[O-]. The molecule has 0 aromatic rings. The van der Waals surface area contributed by atoms with Crippen LogP contribution >= 0.6 is 0 Å². The molecular weight excluding hydrogens is 284 g/mol. The molecule has 0 rings (SSSR count). The van der Waals surface area contributed by atoms with E-state index in [-0.39, 0.29) is 0 Å². The predicted octanol–water partition coefficient (Wildman–Crippen LogP) is -1.48. The van der Waals surface area contributed by atoms with E-state index in [2.05, 4.69) is 19.4 Å². The molecule has 0 N–H and O–H groups in total. The third-order valence-corrected chi connectivity index (χ3v) is 1.26. The fraction of sp³-hybridized carbons (Fsp3) is 1.00. The zero-order chi connectivity index (χ0) is 15.1. The Hall–Kier alpha value is -3.20. The van der Waals surface area contributed by atoms with Gasteiger partial charge in [-0.05, 0) is 0 Å². The number of hydrogen-bond donors (Lipinski definition) is 0. The van der Waals surface area contributed by atoms with E-state index in [1.54, 1.807) is 0 Å². The molecule has 0 spiro atoms. The second kappa shape index (κ2) is 6.51. The molecule has 0 aliphatic heterocycles. The van der Waals surface area contributed by atoms with E-state index in [1.807, 2.05) is 0 Å². The van der Waals surface area contributed by atoms with E-state index in [9.17, 15) is 40.5 Å². The van der Waals surface area contributed by atoms with Gasteiger partial charge in [0.1, 0.15) is 0 Å². The lowest BCUT2D eigenvalue weighted by atomic mass is 10.3. The Bertz CT molecular complexity index is 343. The zero-order valence-corrected chi connectivity index (χ0v) is 8.60. The van der Waals surface area contributed by atoms with Gasteiger partial charge in [-0.3, -0.25) is 9.68 Å². The molecule has 0 heterocycles. The van der Waals surface area contributed by atoms with Crippen LogP contribution in [0.4, 0.5) is 0 Å². The summed E-state index contributed by atoms with van der Waals surface area (Å²) < 4.78 is 0. The molecular formula is C3H4N4O12. The summed E-state index contributed by atoms with van der Waals surface area (Å²) in [5.74, 6) is -3.12. The van der Waals surface area contributed by atoms with Crippen LogP contribution in [0.25, 0.3) is 0 Å². The zero-order valence-electron chi connectivity index (χ0n) is 8.60. The van der Waals surface area contributed by atoms with Gasteiger partial charge in [0.25, 0.3) is 20.3 Å². The van der Waals surface area contributed by atoms with Crippen molar-refractivity contribution in [2.45, 2.75) is 5.79 Å². The number of rotatable bonds is 10. The molecule has 0 atom stereocenters. The minimum absolute atomic E-state index is 1.48. The van der Waals surface area contributed by atoms with E-state index in [4.69, 9.17) is 0 Å². The third-order valence-electron chi connectivity index (χ3n) is 1.26. The number of hydrogen-bond acceptors (Lipinski definition) is 12. The van der Waals surface area contributed by atoms with E-state index in [1.165, 1.54) is 0 Å². The van der Waals surface area contributed by atoms with Gasteiger partial charge in [0.05, 0.1) is 0 Å². The Labute approximate surface area is 100 Å². The van der Waals surface area contributed by atoms with Gasteiger partial charge in [0, 0.05) is 0 Å². The van der Waals surface area contributed by atoms with E-state index in [0.29, 0.717) is 0 Å². The summed E-state index contributed by atoms with van der Waals surface area (Å²) in [5, 5.41) is 33.8. The molecule has 108 valence electrons. The van der Waals surface area contributed by atoms with Gasteiger partial charge in [0.2, 0.25) is 0 Å². The van der Waals surface area contributed by atoms with Crippen molar-refractivity contribution < 1.29 is 39.7 Å². The molecule has 0 aliphatic carbocycles. The molecule has 0 aliphatic rings. The first-order valence-corrected chi connectivity index (χ1v) is 3.88. The van der Waals surface area contributed by atoms with Crippen molar-refractivity contribution in [2.75, 3.05) is 13.2 Å². The highest BCUT2D eigenvalue weighted by Gasteiger charge is 2.42. The monoisotopic (exact) mass is 288 g/mol. The van der Waals surface area contributed by atoms with Crippen LogP contribution in [-0.2, 0) is 19.4 Å². The molecule has 0 unspecified atom stereocenters. The minimum atomic E-state index is -3.12. The first-order valence-electron chi connectivity index (χ1n) is 3.88. The van der Waals surface area contributed by atoms with Crippen LogP contribution in [-0.4, -0.2) is 39.3 Å². The van der Waals surface area contributed by atoms with Gasteiger partial charge in [-0.25, -0.2) is 0 Å². The van der Waals surface area contributed by atoms with E-state index in [0.717, 1.165) is 0 Å². The average molecular weight is 288 g/mol. The molecule has 0 aromatic heterocycles. The molecule has 0 bridgehead atoms. The van der Waals surface area contributed by atoms with Gasteiger partial charge < -0.3 is 9.68 Å².